The molecular formula is C27H35N3O10. The Bertz CT molecular complexity index is 1200. The van der Waals surface area contributed by atoms with Crippen molar-refractivity contribution in [2.24, 2.45) is 11.1 Å². The summed E-state index contributed by atoms with van der Waals surface area (Å²) in [4.78, 5) is 68.3. The molecule has 0 radical (unpaired) electrons. The topological polar surface area (TPSA) is 159 Å². The molecule has 0 aromatic heterocycles. The SMILES string of the molecule is CC(=O)N[C@@H]1[C@H](O/N=C2/C(=O)N(CC(C)C)c3ccc(C)cc32)O[C@H](COC(C)=O)[C@@H](OC(C)=O)[C@@H]1OC(C)=O. The lowest BCUT2D eigenvalue weighted by Gasteiger charge is -2.43. The maximum absolute atomic E-state index is 13.4. The molecule has 1 saturated heterocycles. The summed E-state index contributed by atoms with van der Waals surface area (Å²) < 4.78 is 21.9. The predicted molar refractivity (Wildman–Crippen MR) is 140 cm³/mol. The number of oxime groups is 1. The van der Waals surface area contributed by atoms with E-state index in [1.165, 1.54) is 13.8 Å². The molecule has 0 spiro atoms. The molecule has 40 heavy (non-hydrogen) atoms. The Hall–Kier alpha value is -4.00. The highest BCUT2D eigenvalue weighted by Crippen LogP contribution is 2.32. The van der Waals surface area contributed by atoms with Crippen molar-refractivity contribution in [3.63, 3.8) is 0 Å². The van der Waals surface area contributed by atoms with Gasteiger partial charge in [0.05, 0.1) is 5.69 Å². The lowest BCUT2D eigenvalue weighted by Crippen LogP contribution is -2.66. The van der Waals surface area contributed by atoms with Crippen molar-refractivity contribution >= 4 is 41.1 Å². The summed E-state index contributed by atoms with van der Waals surface area (Å²) in [5, 5.41) is 6.74. The van der Waals surface area contributed by atoms with Crippen LogP contribution in [-0.4, -0.2) is 79.2 Å². The normalized spacial score (nSPS) is 24.9. The van der Waals surface area contributed by atoms with E-state index < -0.39 is 61.1 Å². The Kier molecular flexibility index (Phi) is 9.85. The number of nitrogens with zero attached hydrogens (tertiary/aromatic N) is 2. The average Bonchev–Trinajstić information content (AvgIpc) is 3.08. The predicted octanol–water partition coefficient (Wildman–Crippen LogP) is 1.37. The summed E-state index contributed by atoms with van der Waals surface area (Å²) in [6.07, 6.45) is -5.19. The molecule has 2 aliphatic rings. The Morgan fingerprint density at radius 2 is 1.68 bits per heavy atom. The van der Waals surface area contributed by atoms with Gasteiger partial charge in [-0.2, -0.15) is 0 Å². The van der Waals surface area contributed by atoms with Gasteiger partial charge in [-0.15, -0.1) is 0 Å². The monoisotopic (exact) mass is 561 g/mol. The molecule has 0 bridgehead atoms. The van der Waals surface area contributed by atoms with Gasteiger partial charge in [-0.1, -0.05) is 30.6 Å². The Morgan fingerprint density at radius 1 is 1.02 bits per heavy atom. The standard InChI is InChI=1S/C27H35N3O10/c1-13(2)11-30-20-9-8-14(3)10-19(20)22(26(30)35)29-40-27-23(28-15(4)31)25(38-18(7)34)24(37-17(6)33)21(39-27)12-36-16(5)32/h8-10,13,21,23-25,27H,11-12H2,1-7H3,(H,28,31)/b29-22+/t21-,23+,24-,25-,27+/m1/s1. The van der Waals surface area contributed by atoms with Crippen LogP contribution in [0.2, 0.25) is 0 Å². The Morgan fingerprint density at radius 3 is 2.25 bits per heavy atom. The molecule has 13 nitrogen and oxygen atoms in total. The lowest BCUT2D eigenvalue weighted by molar-refractivity contribution is -0.278. The van der Waals surface area contributed by atoms with Gasteiger partial charge >= 0.3 is 17.9 Å². The Labute approximate surface area is 232 Å². The van der Waals surface area contributed by atoms with Gasteiger partial charge < -0.3 is 34.0 Å². The molecule has 0 saturated carbocycles. The second kappa shape index (κ2) is 12.9. The number of anilines is 1. The molecule has 2 aliphatic heterocycles. The highest BCUT2D eigenvalue weighted by Gasteiger charge is 2.52. The van der Waals surface area contributed by atoms with Gasteiger partial charge in [-0.3, -0.25) is 24.0 Å². The van der Waals surface area contributed by atoms with E-state index in [0.717, 1.165) is 19.4 Å². The first-order valence-corrected chi connectivity index (χ1v) is 12.9. The van der Waals surface area contributed by atoms with Crippen molar-refractivity contribution < 1.29 is 47.8 Å². The van der Waals surface area contributed by atoms with Gasteiger partial charge in [-0.05, 0) is 25.0 Å². The van der Waals surface area contributed by atoms with Crippen LogP contribution in [0.3, 0.4) is 0 Å². The van der Waals surface area contributed by atoms with E-state index in [0.29, 0.717) is 17.8 Å². The fraction of sp³-hybridized carbons (Fsp3) is 0.556. The van der Waals surface area contributed by atoms with Crippen LogP contribution in [-0.2, 0) is 47.8 Å². The van der Waals surface area contributed by atoms with E-state index in [9.17, 15) is 24.0 Å². The minimum absolute atomic E-state index is 0.0206. The summed E-state index contributed by atoms with van der Waals surface area (Å²) in [6, 6.07) is 4.31. The smallest absolute Gasteiger partial charge is 0.303 e. The van der Waals surface area contributed by atoms with Crippen molar-refractivity contribution in [3.8, 4) is 0 Å². The van der Waals surface area contributed by atoms with Crippen molar-refractivity contribution in [2.75, 3.05) is 18.1 Å². The number of ether oxygens (including phenoxy) is 4. The first-order valence-electron chi connectivity index (χ1n) is 12.9. The van der Waals surface area contributed by atoms with E-state index in [2.05, 4.69) is 10.5 Å². The van der Waals surface area contributed by atoms with E-state index in [1.807, 2.05) is 39.0 Å². The van der Waals surface area contributed by atoms with E-state index in [4.69, 9.17) is 23.8 Å². The third-order valence-corrected chi connectivity index (χ3v) is 6.01. The minimum atomic E-state index is -1.44. The van der Waals surface area contributed by atoms with Gasteiger partial charge in [0.15, 0.2) is 17.9 Å². The molecule has 1 fully saturated rings. The van der Waals surface area contributed by atoms with Crippen molar-refractivity contribution in [2.45, 2.75) is 79.1 Å². The van der Waals surface area contributed by atoms with Crippen LogP contribution in [0, 0.1) is 12.8 Å². The number of benzene rings is 1. The van der Waals surface area contributed by atoms with E-state index in [1.54, 1.807) is 4.90 Å². The fourth-order valence-corrected chi connectivity index (χ4v) is 4.55. The maximum atomic E-state index is 13.4. The second-order valence-corrected chi connectivity index (χ2v) is 10.1. The quantitative estimate of drug-likeness (QED) is 0.265. The maximum Gasteiger partial charge on any atom is 0.303 e. The van der Waals surface area contributed by atoms with Crippen LogP contribution in [0.4, 0.5) is 5.69 Å². The first kappa shape index (κ1) is 30.5. The summed E-state index contributed by atoms with van der Waals surface area (Å²) in [7, 11) is 0. The summed E-state index contributed by atoms with van der Waals surface area (Å²) in [6.45, 7) is 10.6. The lowest BCUT2D eigenvalue weighted by atomic mass is 9.96. The van der Waals surface area contributed by atoms with E-state index >= 15 is 0 Å². The van der Waals surface area contributed by atoms with Gasteiger partial charge in [0, 0.05) is 39.8 Å². The summed E-state index contributed by atoms with van der Waals surface area (Å²) in [5.74, 6) is -2.84. The molecule has 218 valence electrons. The number of carbonyl (C=O) groups is 5. The summed E-state index contributed by atoms with van der Waals surface area (Å²) in [5.41, 5.74) is 2.15. The first-order chi connectivity index (χ1) is 18.8. The molecule has 1 aromatic rings. The number of nitrogens with one attached hydrogen (secondary N) is 1. The van der Waals surface area contributed by atoms with Crippen LogP contribution in [0.15, 0.2) is 23.4 Å². The van der Waals surface area contributed by atoms with Crippen molar-refractivity contribution in [1.29, 1.82) is 0 Å². The number of carbonyl (C=O) groups excluding carboxylic acids is 5. The zero-order valence-electron chi connectivity index (χ0n) is 23.6. The number of esters is 3. The third-order valence-electron chi connectivity index (χ3n) is 6.01. The molecule has 1 aromatic carbocycles. The molecular weight excluding hydrogens is 526 g/mol. The van der Waals surface area contributed by atoms with Crippen molar-refractivity contribution in [3.05, 3.63) is 29.3 Å². The molecule has 3 rings (SSSR count). The van der Waals surface area contributed by atoms with Gasteiger partial charge in [0.1, 0.15) is 18.8 Å². The largest absolute Gasteiger partial charge is 0.463 e. The zero-order chi connectivity index (χ0) is 29.7. The molecule has 2 heterocycles. The number of hydrogen-bond donors (Lipinski definition) is 1. The molecule has 5 atom stereocenters. The molecule has 0 unspecified atom stereocenters. The van der Waals surface area contributed by atoms with Gasteiger partial charge in [0.25, 0.3) is 12.2 Å². The molecule has 1 N–H and O–H groups in total. The molecule has 0 aliphatic carbocycles. The summed E-state index contributed by atoms with van der Waals surface area (Å²) >= 11 is 0. The number of rotatable bonds is 9. The highest BCUT2D eigenvalue weighted by molar-refractivity contribution is 6.54. The van der Waals surface area contributed by atoms with Crippen LogP contribution < -0.4 is 10.2 Å². The number of aryl methyl sites for hydroxylation is 1. The number of amides is 2. The third kappa shape index (κ3) is 7.34. The molecule has 2 amide bonds. The average molecular weight is 562 g/mol. The highest BCUT2D eigenvalue weighted by atomic mass is 16.8. The van der Waals surface area contributed by atoms with Gasteiger partial charge in [0.2, 0.25) is 5.91 Å². The van der Waals surface area contributed by atoms with E-state index in [-0.39, 0.29) is 17.5 Å². The van der Waals surface area contributed by atoms with Crippen LogP contribution in [0.5, 0.6) is 0 Å². The minimum Gasteiger partial charge on any atom is -0.463 e. The Balaban J connectivity index is 2.03. The van der Waals surface area contributed by atoms with Crippen LogP contribution in [0.1, 0.15) is 52.7 Å². The van der Waals surface area contributed by atoms with Crippen LogP contribution in [0.25, 0.3) is 0 Å². The fourth-order valence-electron chi connectivity index (χ4n) is 4.55. The zero-order valence-corrected chi connectivity index (χ0v) is 23.6. The second-order valence-electron chi connectivity index (χ2n) is 10.1. The molecule has 13 heteroatoms. The number of hydrogen-bond acceptors (Lipinski definition) is 11. The van der Waals surface area contributed by atoms with Gasteiger partial charge in [-0.25, -0.2) is 0 Å². The van der Waals surface area contributed by atoms with Crippen LogP contribution >= 0.6 is 0 Å². The van der Waals surface area contributed by atoms with Crippen molar-refractivity contribution in [1.82, 2.24) is 5.32 Å². The number of fused-ring (bicyclic) bond motifs is 1.